The van der Waals surface area contributed by atoms with E-state index in [9.17, 15) is 4.79 Å². The minimum Gasteiger partial charge on any atom is -0.493 e. The van der Waals surface area contributed by atoms with Gasteiger partial charge in [-0.25, -0.2) is 4.68 Å². The zero-order valence-electron chi connectivity index (χ0n) is 19.1. The smallest absolute Gasteiger partial charge is 0.244 e. The topological polar surface area (TPSA) is 78.3 Å². The lowest BCUT2D eigenvalue weighted by Gasteiger charge is -2.09. The molecule has 7 heteroatoms. The summed E-state index contributed by atoms with van der Waals surface area (Å²) in [7, 11) is 3.21. The first-order valence-corrected chi connectivity index (χ1v) is 10.9. The van der Waals surface area contributed by atoms with Crippen LogP contribution in [0.2, 0.25) is 0 Å². The number of benzene rings is 2. The van der Waals surface area contributed by atoms with E-state index in [4.69, 9.17) is 14.6 Å². The molecule has 0 aliphatic heterocycles. The molecule has 0 radical (unpaired) electrons. The van der Waals surface area contributed by atoms with Gasteiger partial charge in [0.2, 0.25) is 5.91 Å². The molecular formula is C27H26N4O3. The van der Waals surface area contributed by atoms with Gasteiger partial charge in [-0.15, -0.1) is 0 Å². The molecule has 0 spiro atoms. The molecular weight excluding hydrogens is 428 g/mol. The zero-order valence-corrected chi connectivity index (χ0v) is 19.1. The van der Waals surface area contributed by atoms with Crippen LogP contribution in [0.25, 0.3) is 23.0 Å². The van der Waals surface area contributed by atoms with Gasteiger partial charge in [0.05, 0.1) is 19.9 Å². The summed E-state index contributed by atoms with van der Waals surface area (Å²) in [5, 5.41) is 7.66. The Morgan fingerprint density at radius 1 is 1.03 bits per heavy atom. The first kappa shape index (κ1) is 22.8. The van der Waals surface area contributed by atoms with Crippen molar-refractivity contribution in [1.82, 2.24) is 20.1 Å². The largest absolute Gasteiger partial charge is 0.493 e. The number of aromatic nitrogens is 3. The highest BCUT2D eigenvalue weighted by Crippen LogP contribution is 2.27. The van der Waals surface area contributed by atoms with E-state index >= 15 is 0 Å². The van der Waals surface area contributed by atoms with Crippen molar-refractivity contribution < 1.29 is 14.3 Å². The molecule has 34 heavy (non-hydrogen) atoms. The summed E-state index contributed by atoms with van der Waals surface area (Å²) in [6.07, 6.45) is 9.37. The van der Waals surface area contributed by atoms with Crippen LogP contribution in [0.4, 0.5) is 0 Å². The highest BCUT2D eigenvalue weighted by molar-refractivity contribution is 5.92. The quantitative estimate of drug-likeness (QED) is 0.381. The van der Waals surface area contributed by atoms with Gasteiger partial charge < -0.3 is 14.8 Å². The summed E-state index contributed by atoms with van der Waals surface area (Å²) in [6.45, 7) is 0.497. The second-order valence-corrected chi connectivity index (χ2v) is 7.52. The molecule has 1 N–H and O–H groups in total. The first-order chi connectivity index (χ1) is 16.7. The van der Waals surface area contributed by atoms with Gasteiger partial charge in [-0.05, 0) is 54.5 Å². The molecule has 0 fully saturated rings. The van der Waals surface area contributed by atoms with Crippen molar-refractivity contribution in [3.05, 3.63) is 96.5 Å². The number of carbonyl (C=O) groups excluding carboxylic acids is 1. The third kappa shape index (κ3) is 5.50. The van der Waals surface area contributed by atoms with Gasteiger partial charge in [-0.1, -0.05) is 24.3 Å². The standard InChI is InChI=1S/C27H26N4O3/c1-33-24-12-10-20(17-25(24)34-2)14-16-29-26(32)13-11-22-19-31(23-8-4-3-5-9-23)30-27(22)21-7-6-15-28-18-21/h3-13,15,17-19H,14,16H2,1-2H3,(H,29,32)/b13-11+. The van der Waals surface area contributed by atoms with Crippen LogP contribution >= 0.6 is 0 Å². The van der Waals surface area contributed by atoms with Crippen LogP contribution in [-0.2, 0) is 11.2 Å². The Morgan fingerprint density at radius 3 is 2.59 bits per heavy atom. The maximum absolute atomic E-state index is 12.5. The molecule has 0 atom stereocenters. The van der Waals surface area contributed by atoms with Gasteiger partial charge >= 0.3 is 0 Å². The van der Waals surface area contributed by atoms with Crippen LogP contribution in [0.3, 0.4) is 0 Å². The number of rotatable bonds is 9. The van der Waals surface area contributed by atoms with E-state index in [1.54, 1.807) is 37.4 Å². The number of para-hydroxylation sites is 1. The molecule has 0 aliphatic rings. The van der Waals surface area contributed by atoms with Crippen LogP contribution in [0, 0.1) is 0 Å². The van der Waals surface area contributed by atoms with Crippen LogP contribution in [0.1, 0.15) is 11.1 Å². The van der Waals surface area contributed by atoms with Crippen molar-refractivity contribution >= 4 is 12.0 Å². The van der Waals surface area contributed by atoms with E-state index in [2.05, 4.69) is 10.3 Å². The molecule has 0 aliphatic carbocycles. The first-order valence-electron chi connectivity index (χ1n) is 10.9. The van der Waals surface area contributed by atoms with Gasteiger partial charge in [0.25, 0.3) is 0 Å². The lowest BCUT2D eigenvalue weighted by atomic mass is 10.1. The number of amides is 1. The van der Waals surface area contributed by atoms with Gasteiger partial charge in [0.15, 0.2) is 11.5 Å². The molecule has 2 aromatic carbocycles. The Morgan fingerprint density at radius 2 is 1.85 bits per heavy atom. The van der Waals surface area contributed by atoms with E-state index in [0.717, 1.165) is 28.1 Å². The minimum atomic E-state index is -0.176. The van der Waals surface area contributed by atoms with Crippen molar-refractivity contribution in [1.29, 1.82) is 0 Å². The van der Waals surface area contributed by atoms with Crippen LogP contribution < -0.4 is 14.8 Å². The molecule has 2 aromatic heterocycles. The number of ether oxygens (including phenoxy) is 2. The summed E-state index contributed by atoms with van der Waals surface area (Å²) in [4.78, 5) is 16.7. The fourth-order valence-electron chi connectivity index (χ4n) is 3.54. The summed E-state index contributed by atoms with van der Waals surface area (Å²) in [6, 6.07) is 19.4. The molecule has 7 nitrogen and oxygen atoms in total. The molecule has 0 unspecified atom stereocenters. The van der Waals surface area contributed by atoms with Crippen molar-refractivity contribution in [2.75, 3.05) is 20.8 Å². The van der Waals surface area contributed by atoms with Gasteiger partial charge in [0.1, 0.15) is 5.69 Å². The third-order valence-electron chi connectivity index (χ3n) is 5.27. The number of methoxy groups -OCH3 is 2. The lowest BCUT2D eigenvalue weighted by molar-refractivity contribution is -0.116. The summed E-state index contributed by atoms with van der Waals surface area (Å²) in [5.41, 5.74) is 4.44. The van der Waals surface area contributed by atoms with Crippen molar-refractivity contribution in [3.63, 3.8) is 0 Å². The van der Waals surface area contributed by atoms with Crippen LogP contribution in [-0.4, -0.2) is 41.4 Å². The van der Waals surface area contributed by atoms with E-state index in [0.29, 0.717) is 24.5 Å². The minimum absolute atomic E-state index is 0.176. The second kappa shape index (κ2) is 11.0. The van der Waals surface area contributed by atoms with Gasteiger partial charge in [-0.3, -0.25) is 9.78 Å². The highest BCUT2D eigenvalue weighted by atomic mass is 16.5. The number of nitrogens with zero attached hydrogens (tertiary/aromatic N) is 3. The average molecular weight is 455 g/mol. The van der Waals surface area contributed by atoms with Crippen molar-refractivity contribution in [3.8, 4) is 28.4 Å². The van der Waals surface area contributed by atoms with Crippen molar-refractivity contribution in [2.24, 2.45) is 0 Å². The molecule has 4 rings (SSSR count). The maximum Gasteiger partial charge on any atom is 0.244 e. The normalized spacial score (nSPS) is 10.9. The van der Waals surface area contributed by atoms with Gasteiger partial charge in [0, 0.05) is 42.3 Å². The van der Waals surface area contributed by atoms with E-state index in [-0.39, 0.29) is 5.91 Å². The fraction of sp³-hybridized carbons (Fsp3) is 0.148. The number of pyridine rings is 1. The van der Waals surface area contributed by atoms with Crippen molar-refractivity contribution in [2.45, 2.75) is 6.42 Å². The Balaban J connectivity index is 1.45. The molecule has 4 aromatic rings. The van der Waals surface area contributed by atoms with Gasteiger partial charge in [-0.2, -0.15) is 5.10 Å². The fourth-order valence-corrected chi connectivity index (χ4v) is 3.54. The summed E-state index contributed by atoms with van der Waals surface area (Å²) < 4.78 is 12.4. The SMILES string of the molecule is COc1ccc(CCNC(=O)/C=C/c2cn(-c3ccccc3)nc2-c2cccnc2)cc1OC. The van der Waals surface area contributed by atoms with Crippen LogP contribution in [0.5, 0.6) is 11.5 Å². The molecule has 1 amide bonds. The Labute approximate surface area is 198 Å². The second-order valence-electron chi connectivity index (χ2n) is 7.52. The average Bonchev–Trinajstić information content (AvgIpc) is 3.33. The lowest BCUT2D eigenvalue weighted by Crippen LogP contribution is -2.23. The number of hydrogen-bond donors (Lipinski definition) is 1. The van der Waals surface area contributed by atoms with E-state index in [1.807, 2.05) is 66.9 Å². The Kier molecular flexibility index (Phi) is 7.35. The Bertz CT molecular complexity index is 1270. The van der Waals surface area contributed by atoms with Crippen LogP contribution in [0.15, 0.2) is 85.3 Å². The number of carbonyl (C=O) groups is 1. The summed E-state index contributed by atoms with van der Waals surface area (Å²) >= 11 is 0. The third-order valence-corrected chi connectivity index (χ3v) is 5.27. The molecule has 0 saturated heterocycles. The molecule has 0 bridgehead atoms. The predicted molar refractivity (Wildman–Crippen MR) is 132 cm³/mol. The monoisotopic (exact) mass is 454 g/mol. The molecule has 2 heterocycles. The van der Waals surface area contributed by atoms with E-state index < -0.39 is 0 Å². The number of hydrogen-bond acceptors (Lipinski definition) is 5. The Hall–Kier alpha value is -4.39. The van der Waals surface area contributed by atoms with E-state index in [1.165, 1.54) is 6.08 Å². The number of nitrogens with one attached hydrogen (secondary N) is 1. The maximum atomic E-state index is 12.5. The highest BCUT2D eigenvalue weighted by Gasteiger charge is 2.11. The molecule has 0 saturated carbocycles. The predicted octanol–water partition coefficient (Wildman–Crippen LogP) is 4.32. The molecule has 172 valence electrons. The summed E-state index contributed by atoms with van der Waals surface area (Å²) in [5.74, 6) is 1.17. The zero-order chi connectivity index (χ0) is 23.8.